The summed E-state index contributed by atoms with van der Waals surface area (Å²) in [5.41, 5.74) is 11.3. The monoisotopic (exact) mass is 366 g/mol. The lowest BCUT2D eigenvalue weighted by Gasteiger charge is -2.13. The van der Waals surface area contributed by atoms with Crippen molar-refractivity contribution in [2.24, 2.45) is 5.73 Å². The molecule has 132 valence electrons. The smallest absolute Gasteiger partial charge is 0.250 e. The molecule has 0 aliphatic carbocycles. The Hall–Kier alpha value is -2.72. The molecule has 0 spiro atoms. The molecule has 3 aromatic rings. The third kappa shape index (κ3) is 2.97. The summed E-state index contributed by atoms with van der Waals surface area (Å²) in [5, 5.41) is 0.675. The Labute approximate surface area is 157 Å². The molecular weight excluding hydrogens is 348 g/mol. The lowest BCUT2D eigenvalue weighted by molar-refractivity contribution is 0.0999. The summed E-state index contributed by atoms with van der Waals surface area (Å²) in [7, 11) is 0. The number of halogens is 1. The maximum atomic E-state index is 11.8. The Morgan fingerprint density at radius 2 is 1.96 bits per heavy atom. The van der Waals surface area contributed by atoms with E-state index in [1.54, 1.807) is 0 Å². The highest BCUT2D eigenvalue weighted by Gasteiger charge is 2.18. The minimum Gasteiger partial charge on any atom is -0.493 e. The molecule has 0 atom stereocenters. The highest BCUT2D eigenvalue weighted by molar-refractivity contribution is 6.30. The van der Waals surface area contributed by atoms with E-state index in [4.69, 9.17) is 22.1 Å². The minimum absolute atomic E-state index is 0.422. The Morgan fingerprint density at radius 3 is 2.69 bits per heavy atom. The Kier molecular flexibility index (Phi) is 4.21. The average molecular weight is 367 g/mol. The molecule has 1 amide bonds. The highest BCUT2D eigenvalue weighted by Crippen LogP contribution is 2.30. The molecule has 0 saturated heterocycles. The molecule has 0 fully saturated rings. The number of fused-ring (bicyclic) bond motifs is 1. The first kappa shape index (κ1) is 16.7. The van der Waals surface area contributed by atoms with Gasteiger partial charge >= 0.3 is 0 Å². The van der Waals surface area contributed by atoms with E-state index in [0.717, 1.165) is 41.3 Å². The molecule has 4 rings (SSSR count). The molecule has 0 bridgehead atoms. The lowest BCUT2D eigenvalue weighted by atomic mass is 10.1. The Bertz CT molecular complexity index is 990. The molecule has 1 aliphatic rings. The zero-order valence-corrected chi connectivity index (χ0v) is 15.2. The van der Waals surface area contributed by atoms with Gasteiger partial charge in [0.05, 0.1) is 12.2 Å². The number of rotatable bonds is 4. The van der Waals surface area contributed by atoms with E-state index in [9.17, 15) is 4.79 Å². The number of hydrogen-bond donors (Lipinski definition) is 1. The first-order valence-corrected chi connectivity index (χ1v) is 8.91. The molecule has 1 aliphatic heterocycles. The second-order valence-corrected chi connectivity index (χ2v) is 6.96. The number of carbonyl (C=O) groups is 1. The maximum Gasteiger partial charge on any atom is 0.250 e. The van der Waals surface area contributed by atoms with Crippen LogP contribution in [0.25, 0.3) is 11.3 Å². The van der Waals surface area contributed by atoms with Gasteiger partial charge in [-0.25, -0.2) is 0 Å². The van der Waals surface area contributed by atoms with Crippen molar-refractivity contribution in [1.82, 2.24) is 4.57 Å². The van der Waals surface area contributed by atoms with Gasteiger partial charge in [0.1, 0.15) is 5.75 Å². The van der Waals surface area contributed by atoms with Crippen LogP contribution in [0.2, 0.25) is 5.02 Å². The summed E-state index contributed by atoms with van der Waals surface area (Å²) in [6.07, 6.45) is 0.958. The van der Waals surface area contributed by atoms with E-state index in [2.05, 4.69) is 22.8 Å². The van der Waals surface area contributed by atoms with Crippen molar-refractivity contribution in [3.63, 3.8) is 0 Å². The van der Waals surface area contributed by atoms with Crippen molar-refractivity contribution in [1.29, 1.82) is 0 Å². The number of hydrogen-bond acceptors (Lipinski definition) is 2. The van der Waals surface area contributed by atoms with E-state index in [1.807, 2.05) is 37.3 Å². The fourth-order valence-corrected chi connectivity index (χ4v) is 3.58. The van der Waals surface area contributed by atoms with Crippen LogP contribution in [0.15, 0.2) is 48.5 Å². The second-order valence-electron chi connectivity index (χ2n) is 6.53. The van der Waals surface area contributed by atoms with Crippen LogP contribution >= 0.6 is 11.6 Å². The van der Waals surface area contributed by atoms with Gasteiger partial charge in [0.15, 0.2) is 0 Å². The largest absolute Gasteiger partial charge is 0.493 e. The van der Waals surface area contributed by atoms with Crippen molar-refractivity contribution in [3.05, 3.63) is 75.9 Å². The number of nitrogens with zero attached hydrogens (tertiary/aromatic N) is 1. The summed E-state index contributed by atoms with van der Waals surface area (Å²) in [4.78, 5) is 11.8. The molecule has 0 unspecified atom stereocenters. The number of aromatic nitrogens is 1. The zero-order chi connectivity index (χ0) is 18.3. The Morgan fingerprint density at radius 1 is 1.19 bits per heavy atom. The van der Waals surface area contributed by atoms with Crippen LogP contribution in [-0.4, -0.2) is 17.1 Å². The predicted octanol–water partition coefficient (Wildman–Crippen LogP) is 4.20. The van der Waals surface area contributed by atoms with Crippen molar-refractivity contribution in [2.45, 2.75) is 19.9 Å². The van der Waals surface area contributed by atoms with E-state index in [1.165, 1.54) is 5.56 Å². The number of carbonyl (C=O) groups excluding carboxylic acids is 1. The summed E-state index contributed by atoms with van der Waals surface area (Å²) < 4.78 is 7.79. The number of nitrogens with two attached hydrogens (primary N) is 1. The molecule has 5 heteroatoms. The van der Waals surface area contributed by atoms with Crippen LogP contribution in [0.4, 0.5) is 0 Å². The van der Waals surface area contributed by atoms with Crippen LogP contribution < -0.4 is 10.5 Å². The SMILES string of the molecule is Cc1c(C(N)=O)cc(-c2ccc(Cl)cc2)n1Cc1ccc2c(c1)OCC2. The zero-order valence-electron chi connectivity index (χ0n) is 14.5. The third-order valence-electron chi connectivity index (χ3n) is 4.87. The van der Waals surface area contributed by atoms with E-state index < -0.39 is 5.91 Å². The van der Waals surface area contributed by atoms with Gasteiger partial charge in [-0.3, -0.25) is 4.79 Å². The molecule has 2 heterocycles. The quantitative estimate of drug-likeness (QED) is 0.752. The molecule has 2 N–H and O–H groups in total. The van der Waals surface area contributed by atoms with Crippen LogP contribution in [0.3, 0.4) is 0 Å². The molecular formula is C21H19ClN2O2. The molecule has 1 aromatic heterocycles. The standard InChI is InChI=1S/C21H19ClN2O2/c1-13-18(21(23)25)11-19(15-4-6-17(22)7-5-15)24(13)12-14-2-3-16-8-9-26-20(16)10-14/h2-7,10-11H,8-9,12H2,1H3,(H2,23,25). The van der Waals surface area contributed by atoms with Crippen molar-refractivity contribution >= 4 is 17.5 Å². The number of benzene rings is 2. The van der Waals surface area contributed by atoms with Crippen molar-refractivity contribution in [2.75, 3.05) is 6.61 Å². The van der Waals surface area contributed by atoms with E-state index in [0.29, 0.717) is 17.1 Å². The Balaban J connectivity index is 1.78. The first-order valence-electron chi connectivity index (χ1n) is 8.53. The maximum absolute atomic E-state index is 11.8. The van der Waals surface area contributed by atoms with Crippen LogP contribution in [0.1, 0.15) is 27.2 Å². The number of ether oxygens (including phenoxy) is 1. The topological polar surface area (TPSA) is 57.2 Å². The molecule has 2 aromatic carbocycles. The summed E-state index contributed by atoms with van der Waals surface area (Å²) >= 11 is 6.01. The van der Waals surface area contributed by atoms with Crippen molar-refractivity contribution < 1.29 is 9.53 Å². The predicted molar refractivity (Wildman–Crippen MR) is 103 cm³/mol. The fraction of sp³-hybridized carbons (Fsp3) is 0.190. The van der Waals surface area contributed by atoms with E-state index in [-0.39, 0.29) is 0 Å². The molecule has 0 radical (unpaired) electrons. The fourth-order valence-electron chi connectivity index (χ4n) is 3.45. The van der Waals surface area contributed by atoms with Gasteiger partial charge in [-0.1, -0.05) is 35.9 Å². The van der Waals surface area contributed by atoms with Crippen LogP contribution in [0.5, 0.6) is 5.75 Å². The summed E-state index contributed by atoms with van der Waals surface area (Å²) in [5.74, 6) is 0.532. The van der Waals surface area contributed by atoms with Gasteiger partial charge in [-0.2, -0.15) is 0 Å². The third-order valence-corrected chi connectivity index (χ3v) is 5.13. The molecule has 4 nitrogen and oxygen atoms in total. The van der Waals surface area contributed by atoms with Gasteiger partial charge in [-0.15, -0.1) is 0 Å². The van der Waals surface area contributed by atoms with Crippen molar-refractivity contribution in [3.8, 4) is 17.0 Å². The first-order chi connectivity index (χ1) is 12.5. The van der Waals surface area contributed by atoms with Gasteiger partial charge in [0.25, 0.3) is 5.91 Å². The molecule has 26 heavy (non-hydrogen) atoms. The number of primary amides is 1. The summed E-state index contributed by atoms with van der Waals surface area (Å²) in [6, 6.07) is 15.7. The van der Waals surface area contributed by atoms with Gasteiger partial charge < -0.3 is 15.0 Å². The van der Waals surface area contributed by atoms with Crippen LogP contribution in [-0.2, 0) is 13.0 Å². The van der Waals surface area contributed by atoms with Gasteiger partial charge in [0, 0.05) is 29.4 Å². The number of amides is 1. The highest BCUT2D eigenvalue weighted by atomic mass is 35.5. The minimum atomic E-state index is -0.422. The summed E-state index contributed by atoms with van der Waals surface area (Å²) in [6.45, 7) is 3.29. The lowest BCUT2D eigenvalue weighted by Crippen LogP contribution is -2.12. The second kappa shape index (κ2) is 6.54. The average Bonchev–Trinajstić information content (AvgIpc) is 3.21. The van der Waals surface area contributed by atoms with Gasteiger partial charge in [0.2, 0.25) is 0 Å². The molecule has 0 saturated carbocycles. The normalized spacial score (nSPS) is 12.7. The van der Waals surface area contributed by atoms with E-state index >= 15 is 0 Å². The van der Waals surface area contributed by atoms with Crippen LogP contribution in [0, 0.1) is 6.92 Å². The van der Waals surface area contributed by atoms with Gasteiger partial charge in [-0.05, 0) is 47.9 Å².